The first-order valence-corrected chi connectivity index (χ1v) is 5.21. The molecule has 2 N–H and O–H groups in total. The molecule has 2 aromatic rings. The Labute approximate surface area is 98.2 Å². The number of aromatic nitrogens is 1. The molecule has 5 heteroatoms. The highest BCUT2D eigenvalue weighted by Gasteiger charge is 2.21. The average molecular weight is 232 g/mol. The van der Waals surface area contributed by atoms with Crippen LogP contribution in [0.5, 0.6) is 0 Å². The largest absolute Gasteiger partial charge is 0.461 e. The Morgan fingerprint density at radius 1 is 1.41 bits per heavy atom. The van der Waals surface area contributed by atoms with Gasteiger partial charge in [-0.05, 0) is 6.92 Å². The van der Waals surface area contributed by atoms with Crippen LogP contribution in [0.2, 0.25) is 0 Å². The maximum Gasteiger partial charge on any atom is 0.362 e. The number of nitrogens with two attached hydrogens (primary N) is 1. The topological polar surface area (TPSA) is 78.3 Å². The summed E-state index contributed by atoms with van der Waals surface area (Å²) in [5, 5.41) is 3.64. The molecule has 1 aromatic carbocycles. The van der Waals surface area contributed by atoms with Gasteiger partial charge >= 0.3 is 5.97 Å². The van der Waals surface area contributed by atoms with E-state index in [1.807, 2.05) is 30.3 Å². The van der Waals surface area contributed by atoms with E-state index >= 15 is 0 Å². The number of ether oxygens (including phenoxy) is 1. The zero-order valence-electron chi connectivity index (χ0n) is 9.34. The fourth-order valence-corrected chi connectivity index (χ4v) is 1.44. The van der Waals surface area contributed by atoms with E-state index in [1.165, 1.54) is 0 Å². The molecule has 0 spiro atoms. The van der Waals surface area contributed by atoms with E-state index in [2.05, 4.69) is 5.16 Å². The number of esters is 1. The lowest BCUT2D eigenvalue weighted by Crippen LogP contribution is -2.07. The lowest BCUT2D eigenvalue weighted by molar-refractivity contribution is 0.0516. The fourth-order valence-electron chi connectivity index (χ4n) is 1.44. The van der Waals surface area contributed by atoms with E-state index in [0.29, 0.717) is 5.76 Å². The maximum atomic E-state index is 11.5. The van der Waals surface area contributed by atoms with E-state index < -0.39 is 5.97 Å². The van der Waals surface area contributed by atoms with Gasteiger partial charge in [-0.1, -0.05) is 35.5 Å². The van der Waals surface area contributed by atoms with Gasteiger partial charge in [-0.25, -0.2) is 4.79 Å². The van der Waals surface area contributed by atoms with Crippen LogP contribution < -0.4 is 5.73 Å². The SMILES string of the molecule is CCOC(=O)c1noc(-c2ccccc2)c1N. The Balaban J connectivity index is 2.37. The molecule has 0 radical (unpaired) electrons. The summed E-state index contributed by atoms with van der Waals surface area (Å²) in [7, 11) is 0. The quantitative estimate of drug-likeness (QED) is 0.820. The van der Waals surface area contributed by atoms with Crippen molar-refractivity contribution in [2.24, 2.45) is 0 Å². The van der Waals surface area contributed by atoms with Gasteiger partial charge in [0.1, 0.15) is 5.69 Å². The van der Waals surface area contributed by atoms with Gasteiger partial charge in [-0.2, -0.15) is 0 Å². The second-order valence-corrected chi connectivity index (χ2v) is 3.36. The highest BCUT2D eigenvalue weighted by atomic mass is 16.5. The normalized spacial score (nSPS) is 10.2. The fraction of sp³-hybridized carbons (Fsp3) is 0.167. The van der Waals surface area contributed by atoms with Crippen molar-refractivity contribution >= 4 is 11.7 Å². The van der Waals surface area contributed by atoms with Crippen molar-refractivity contribution in [3.8, 4) is 11.3 Å². The van der Waals surface area contributed by atoms with Gasteiger partial charge in [0.05, 0.1) is 6.61 Å². The predicted molar refractivity (Wildman–Crippen MR) is 62.3 cm³/mol. The van der Waals surface area contributed by atoms with Crippen LogP contribution in [-0.2, 0) is 4.74 Å². The Morgan fingerprint density at radius 3 is 2.76 bits per heavy atom. The first-order chi connectivity index (χ1) is 8.24. The minimum Gasteiger partial charge on any atom is -0.461 e. The molecule has 0 unspecified atom stereocenters. The number of nitrogen functional groups attached to an aromatic ring is 1. The molecule has 0 bridgehead atoms. The van der Waals surface area contributed by atoms with Crippen molar-refractivity contribution in [3.05, 3.63) is 36.0 Å². The molecule has 0 fully saturated rings. The molecular formula is C12H12N2O3. The molecule has 0 atom stereocenters. The van der Waals surface area contributed by atoms with E-state index in [-0.39, 0.29) is 18.0 Å². The van der Waals surface area contributed by atoms with Gasteiger partial charge in [0.15, 0.2) is 5.76 Å². The van der Waals surface area contributed by atoms with Crippen LogP contribution in [0.25, 0.3) is 11.3 Å². The van der Waals surface area contributed by atoms with Crippen molar-refractivity contribution in [1.82, 2.24) is 5.16 Å². The minimum atomic E-state index is -0.573. The summed E-state index contributed by atoms with van der Waals surface area (Å²) in [6.45, 7) is 1.98. The number of rotatable bonds is 3. The van der Waals surface area contributed by atoms with Crippen LogP contribution in [0.4, 0.5) is 5.69 Å². The first kappa shape index (κ1) is 11.2. The van der Waals surface area contributed by atoms with Crippen LogP contribution in [0.1, 0.15) is 17.4 Å². The van der Waals surface area contributed by atoms with Crippen LogP contribution in [-0.4, -0.2) is 17.7 Å². The number of nitrogens with zero attached hydrogens (tertiary/aromatic N) is 1. The third-order valence-corrected chi connectivity index (χ3v) is 2.23. The molecule has 0 aliphatic rings. The lowest BCUT2D eigenvalue weighted by atomic mass is 10.1. The summed E-state index contributed by atoms with van der Waals surface area (Å²) < 4.78 is 9.89. The van der Waals surface area contributed by atoms with Crippen molar-refractivity contribution in [1.29, 1.82) is 0 Å². The summed E-state index contributed by atoms with van der Waals surface area (Å²) in [6.07, 6.45) is 0. The van der Waals surface area contributed by atoms with Crippen LogP contribution in [0.15, 0.2) is 34.9 Å². The van der Waals surface area contributed by atoms with Crippen molar-refractivity contribution in [2.75, 3.05) is 12.3 Å². The number of hydrogen-bond donors (Lipinski definition) is 1. The number of benzene rings is 1. The predicted octanol–water partition coefficient (Wildman–Crippen LogP) is 2.10. The Bertz CT molecular complexity index is 520. The highest BCUT2D eigenvalue weighted by Crippen LogP contribution is 2.28. The molecule has 0 amide bonds. The summed E-state index contributed by atoms with van der Waals surface area (Å²) >= 11 is 0. The molecule has 1 heterocycles. The third kappa shape index (κ3) is 2.13. The van der Waals surface area contributed by atoms with E-state index in [4.69, 9.17) is 15.0 Å². The molecule has 2 rings (SSSR count). The molecule has 0 aliphatic heterocycles. The van der Waals surface area contributed by atoms with Crippen molar-refractivity contribution in [3.63, 3.8) is 0 Å². The van der Waals surface area contributed by atoms with E-state index in [1.54, 1.807) is 6.92 Å². The highest BCUT2D eigenvalue weighted by molar-refractivity contribution is 5.96. The smallest absolute Gasteiger partial charge is 0.362 e. The maximum absolute atomic E-state index is 11.5. The molecule has 0 aliphatic carbocycles. The number of carbonyl (C=O) groups is 1. The van der Waals surface area contributed by atoms with E-state index in [0.717, 1.165) is 5.56 Å². The second-order valence-electron chi connectivity index (χ2n) is 3.36. The standard InChI is InChI=1S/C12H12N2O3/c1-2-16-12(15)10-9(13)11(17-14-10)8-6-4-3-5-7-8/h3-7H,2,13H2,1H3. The van der Waals surface area contributed by atoms with Gasteiger partial charge in [0.2, 0.25) is 5.69 Å². The Morgan fingerprint density at radius 2 is 2.12 bits per heavy atom. The molecule has 0 saturated carbocycles. The number of carbonyl (C=O) groups excluding carboxylic acids is 1. The third-order valence-electron chi connectivity index (χ3n) is 2.23. The lowest BCUT2D eigenvalue weighted by Gasteiger charge is -1.98. The Hall–Kier alpha value is -2.30. The second kappa shape index (κ2) is 4.69. The van der Waals surface area contributed by atoms with Gasteiger partial charge in [-0.15, -0.1) is 0 Å². The van der Waals surface area contributed by atoms with Gasteiger partial charge in [0, 0.05) is 5.56 Å². The van der Waals surface area contributed by atoms with Crippen molar-refractivity contribution < 1.29 is 14.1 Å². The summed E-state index contributed by atoms with van der Waals surface area (Å²) in [6, 6.07) is 9.22. The molecule has 17 heavy (non-hydrogen) atoms. The van der Waals surface area contributed by atoms with Gasteiger partial charge < -0.3 is 15.0 Å². The van der Waals surface area contributed by atoms with Crippen LogP contribution in [0, 0.1) is 0 Å². The monoisotopic (exact) mass is 232 g/mol. The first-order valence-electron chi connectivity index (χ1n) is 5.21. The number of anilines is 1. The molecular weight excluding hydrogens is 220 g/mol. The van der Waals surface area contributed by atoms with E-state index in [9.17, 15) is 4.79 Å². The van der Waals surface area contributed by atoms with Gasteiger partial charge in [-0.3, -0.25) is 0 Å². The summed E-state index contributed by atoms with van der Waals surface area (Å²) in [5.41, 5.74) is 6.80. The van der Waals surface area contributed by atoms with Gasteiger partial charge in [0.25, 0.3) is 0 Å². The molecule has 1 aromatic heterocycles. The Kier molecular flexibility index (Phi) is 3.09. The molecule has 88 valence electrons. The zero-order chi connectivity index (χ0) is 12.3. The zero-order valence-corrected chi connectivity index (χ0v) is 9.34. The van der Waals surface area contributed by atoms with Crippen LogP contribution >= 0.6 is 0 Å². The summed E-state index contributed by atoms with van der Waals surface area (Å²) in [5.74, 6) is -0.190. The molecule has 5 nitrogen and oxygen atoms in total. The average Bonchev–Trinajstić information content (AvgIpc) is 2.72. The minimum absolute atomic E-state index is 0.0192. The molecule has 0 saturated heterocycles. The number of hydrogen-bond acceptors (Lipinski definition) is 5. The van der Waals surface area contributed by atoms with Crippen LogP contribution in [0.3, 0.4) is 0 Å². The van der Waals surface area contributed by atoms with Crippen molar-refractivity contribution in [2.45, 2.75) is 6.92 Å². The summed E-state index contributed by atoms with van der Waals surface area (Å²) in [4.78, 5) is 11.5.